The summed E-state index contributed by atoms with van der Waals surface area (Å²) in [6.45, 7) is 7.93. The average Bonchev–Trinajstić information content (AvgIpc) is 3.14. The smallest absolute Gasteiger partial charge is 0.409 e. The van der Waals surface area contributed by atoms with Gasteiger partial charge >= 0.3 is 6.09 Å². The quantitative estimate of drug-likeness (QED) is 0.768. The van der Waals surface area contributed by atoms with Crippen LogP contribution in [0.4, 0.5) is 4.79 Å². The molecule has 4 fully saturated rings. The van der Waals surface area contributed by atoms with Crippen LogP contribution in [0.2, 0.25) is 0 Å². The number of nitrogens with zero attached hydrogens (tertiary/aromatic N) is 3. The fraction of sp³-hybridized carbons (Fsp3) is 0.900. The Hall–Kier alpha value is -1.30. The van der Waals surface area contributed by atoms with Crippen molar-refractivity contribution in [3.8, 4) is 0 Å². The van der Waals surface area contributed by atoms with Gasteiger partial charge in [-0.25, -0.2) is 4.79 Å². The van der Waals surface area contributed by atoms with Gasteiger partial charge in [0.2, 0.25) is 5.91 Å². The maximum Gasteiger partial charge on any atom is 0.409 e. The summed E-state index contributed by atoms with van der Waals surface area (Å²) in [5.41, 5.74) is 0. The van der Waals surface area contributed by atoms with Crippen LogP contribution in [0, 0.1) is 17.8 Å². The van der Waals surface area contributed by atoms with Gasteiger partial charge in [-0.15, -0.1) is 0 Å². The SMILES string of the molecule is CCN(CC)C(=O)C1[C@H]2CN(C3CC4CCCC(C3)N4C(=O)OC)C[C@@H]12. The van der Waals surface area contributed by atoms with Crippen LogP contribution in [-0.4, -0.2) is 78.1 Å². The summed E-state index contributed by atoms with van der Waals surface area (Å²) in [5, 5.41) is 0. The molecule has 0 aromatic rings. The van der Waals surface area contributed by atoms with Crippen LogP contribution >= 0.6 is 0 Å². The third-order valence-corrected chi connectivity index (χ3v) is 7.43. The minimum atomic E-state index is -0.146. The van der Waals surface area contributed by atoms with E-state index >= 15 is 0 Å². The van der Waals surface area contributed by atoms with Crippen molar-refractivity contribution >= 4 is 12.0 Å². The maximum atomic E-state index is 12.6. The second kappa shape index (κ2) is 7.02. The van der Waals surface area contributed by atoms with Gasteiger partial charge in [-0.1, -0.05) is 0 Å². The van der Waals surface area contributed by atoms with Gasteiger partial charge in [0.25, 0.3) is 0 Å². The van der Waals surface area contributed by atoms with E-state index in [9.17, 15) is 9.59 Å². The molecule has 0 aromatic heterocycles. The molecule has 4 aliphatic rings. The number of hydrogen-bond acceptors (Lipinski definition) is 4. The Balaban J connectivity index is 1.35. The van der Waals surface area contributed by atoms with E-state index in [2.05, 4.69) is 18.7 Å². The Morgan fingerprint density at radius 1 is 1.00 bits per heavy atom. The molecule has 146 valence electrons. The minimum absolute atomic E-state index is 0.146. The van der Waals surface area contributed by atoms with E-state index in [4.69, 9.17) is 4.74 Å². The molecule has 3 heterocycles. The van der Waals surface area contributed by atoms with Crippen molar-refractivity contribution < 1.29 is 14.3 Å². The van der Waals surface area contributed by atoms with E-state index in [1.54, 1.807) is 0 Å². The summed E-state index contributed by atoms with van der Waals surface area (Å²) >= 11 is 0. The number of rotatable bonds is 4. The number of carbonyl (C=O) groups is 2. The number of hydrogen-bond donors (Lipinski definition) is 0. The van der Waals surface area contributed by atoms with E-state index in [-0.39, 0.29) is 12.0 Å². The molecule has 3 unspecified atom stereocenters. The molecule has 3 saturated heterocycles. The Morgan fingerprint density at radius 3 is 2.08 bits per heavy atom. The molecule has 0 radical (unpaired) electrons. The van der Waals surface area contributed by atoms with Crippen LogP contribution in [0.25, 0.3) is 0 Å². The number of carbonyl (C=O) groups excluding carboxylic acids is 2. The summed E-state index contributed by atoms with van der Waals surface area (Å²) in [5.74, 6) is 1.80. The van der Waals surface area contributed by atoms with Gasteiger partial charge in [0.05, 0.1) is 7.11 Å². The Kier molecular flexibility index (Phi) is 4.88. The van der Waals surface area contributed by atoms with Crippen molar-refractivity contribution in [2.75, 3.05) is 33.3 Å². The van der Waals surface area contributed by atoms with Gasteiger partial charge in [-0.05, 0) is 57.8 Å². The minimum Gasteiger partial charge on any atom is -0.453 e. The highest BCUT2D eigenvalue weighted by Crippen LogP contribution is 2.54. The molecule has 3 aliphatic heterocycles. The highest BCUT2D eigenvalue weighted by Gasteiger charge is 2.61. The Labute approximate surface area is 156 Å². The van der Waals surface area contributed by atoms with Crippen molar-refractivity contribution in [2.45, 2.75) is 64.1 Å². The molecule has 5 atom stereocenters. The third-order valence-electron chi connectivity index (χ3n) is 7.43. The van der Waals surface area contributed by atoms with E-state index in [1.165, 1.54) is 13.5 Å². The summed E-state index contributed by atoms with van der Waals surface area (Å²) in [4.78, 5) is 31.4. The average molecular weight is 364 g/mol. The van der Waals surface area contributed by atoms with Gasteiger partial charge < -0.3 is 14.5 Å². The zero-order valence-electron chi connectivity index (χ0n) is 16.4. The lowest BCUT2D eigenvalue weighted by Crippen LogP contribution is -2.58. The van der Waals surface area contributed by atoms with Crippen molar-refractivity contribution in [2.24, 2.45) is 17.8 Å². The molecular weight excluding hydrogens is 330 g/mol. The molecule has 0 aromatic carbocycles. The van der Waals surface area contributed by atoms with Crippen LogP contribution in [0.1, 0.15) is 46.0 Å². The van der Waals surface area contributed by atoms with E-state index in [0.717, 1.165) is 51.9 Å². The van der Waals surface area contributed by atoms with Gasteiger partial charge in [-0.2, -0.15) is 0 Å². The first-order valence-corrected chi connectivity index (χ1v) is 10.5. The number of ether oxygens (including phenoxy) is 1. The number of amides is 2. The summed E-state index contributed by atoms with van der Waals surface area (Å²) in [6.07, 6.45) is 5.42. The first-order valence-electron chi connectivity index (χ1n) is 10.5. The first-order chi connectivity index (χ1) is 12.6. The third kappa shape index (κ3) is 2.90. The van der Waals surface area contributed by atoms with Gasteiger partial charge in [0.1, 0.15) is 0 Å². The molecule has 6 nitrogen and oxygen atoms in total. The van der Waals surface area contributed by atoms with E-state index < -0.39 is 0 Å². The first kappa shape index (κ1) is 18.1. The molecule has 26 heavy (non-hydrogen) atoms. The van der Waals surface area contributed by atoms with Crippen molar-refractivity contribution in [3.63, 3.8) is 0 Å². The standard InChI is InChI=1S/C20H33N3O3/c1-4-21(5-2)19(24)18-16-11-22(12-17(16)18)15-9-13-7-6-8-14(10-15)23(13)20(25)26-3/h13-18H,4-12H2,1-3H3/t13?,14?,15?,16-,17+,18?. The molecule has 4 rings (SSSR count). The lowest BCUT2D eigenvalue weighted by molar-refractivity contribution is -0.133. The predicted octanol–water partition coefficient (Wildman–Crippen LogP) is 2.18. The number of likely N-dealkylation sites (tertiary alicyclic amines) is 1. The fourth-order valence-electron chi connectivity index (χ4n) is 6.02. The fourth-order valence-corrected chi connectivity index (χ4v) is 6.02. The molecular formula is C20H33N3O3. The van der Waals surface area contributed by atoms with Crippen LogP contribution in [0.3, 0.4) is 0 Å². The number of piperidine rings is 3. The summed E-state index contributed by atoms with van der Waals surface area (Å²) in [7, 11) is 1.49. The van der Waals surface area contributed by atoms with E-state index in [0.29, 0.717) is 35.9 Å². The normalized spacial score (nSPS) is 38.7. The molecule has 0 N–H and O–H groups in total. The predicted molar refractivity (Wildman–Crippen MR) is 98.7 cm³/mol. The van der Waals surface area contributed by atoms with Crippen LogP contribution in [0.15, 0.2) is 0 Å². The van der Waals surface area contributed by atoms with E-state index in [1.807, 2.05) is 9.80 Å². The van der Waals surface area contributed by atoms with Gasteiger partial charge in [0, 0.05) is 50.2 Å². The van der Waals surface area contributed by atoms with Crippen molar-refractivity contribution in [1.29, 1.82) is 0 Å². The van der Waals surface area contributed by atoms with Crippen molar-refractivity contribution in [1.82, 2.24) is 14.7 Å². The Morgan fingerprint density at radius 2 is 1.58 bits per heavy atom. The summed E-state index contributed by atoms with van der Waals surface area (Å²) < 4.78 is 5.03. The molecule has 1 saturated carbocycles. The van der Waals surface area contributed by atoms with Gasteiger partial charge in [-0.3, -0.25) is 9.69 Å². The number of methoxy groups -OCH3 is 1. The molecule has 2 amide bonds. The molecule has 1 aliphatic carbocycles. The second-order valence-electron chi connectivity index (χ2n) is 8.56. The molecule has 6 heteroatoms. The molecule has 0 spiro atoms. The van der Waals surface area contributed by atoms with Crippen LogP contribution in [-0.2, 0) is 9.53 Å². The molecule has 2 bridgehead atoms. The monoisotopic (exact) mass is 363 g/mol. The lowest BCUT2D eigenvalue weighted by Gasteiger charge is -2.50. The van der Waals surface area contributed by atoms with Crippen molar-refractivity contribution in [3.05, 3.63) is 0 Å². The van der Waals surface area contributed by atoms with Crippen LogP contribution < -0.4 is 0 Å². The zero-order chi connectivity index (χ0) is 18.4. The highest BCUT2D eigenvalue weighted by molar-refractivity contribution is 5.82. The lowest BCUT2D eigenvalue weighted by atomic mass is 9.81. The zero-order valence-corrected chi connectivity index (χ0v) is 16.4. The topological polar surface area (TPSA) is 53.1 Å². The Bertz CT molecular complexity index is 539. The van der Waals surface area contributed by atoms with Crippen LogP contribution in [0.5, 0.6) is 0 Å². The largest absolute Gasteiger partial charge is 0.453 e. The maximum absolute atomic E-state index is 12.6. The number of fused-ring (bicyclic) bond motifs is 3. The summed E-state index contributed by atoms with van der Waals surface area (Å²) in [6, 6.07) is 1.25. The van der Waals surface area contributed by atoms with Gasteiger partial charge in [0.15, 0.2) is 0 Å². The second-order valence-corrected chi connectivity index (χ2v) is 8.56. The highest BCUT2D eigenvalue weighted by atomic mass is 16.5.